The molecule has 2 atom stereocenters. The van der Waals surface area contributed by atoms with Crippen molar-refractivity contribution in [3.05, 3.63) is 35.4 Å². The fourth-order valence-electron chi connectivity index (χ4n) is 3.30. The van der Waals surface area contributed by atoms with Crippen LogP contribution in [-0.2, 0) is 0 Å². The largest absolute Gasteiger partial charge is 0.308 e. The van der Waals surface area contributed by atoms with Gasteiger partial charge in [0.2, 0.25) is 0 Å². The van der Waals surface area contributed by atoms with E-state index in [1.54, 1.807) is 0 Å². The lowest BCUT2D eigenvalue weighted by molar-refractivity contribution is 0.0698. The summed E-state index contributed by atoms with van der Waals surface area (Å²) in [6.45, 7) is 16.9. The van der Waals surface area contributed by atoms with E-state index in [0.29, 0.717) is 6.04 Å². The Morgan fingerprint density at radius 3 is 2.05 bits per heavy atom. The Labute approximate surface area is 131 Å². The molecule has 120 valence electrons. The summed E-state index contributed by atoms with van der Waals surface area (Å²) in [4.78, 5) is 2.60. The fourth-order valence-corrected chi connectivity index (χ4v) is 3.30. The van der Waals surface area contributed by atoms with Gasteiger partial charge in [0.25, 0.3) is 0 Å². The van der Waals surface area contributed by atoms with Crippen molar-refractivity contribution in [3.8, 4) is 0 Å². The number of nitrogens with zero attached hydrogens (tertiary/aromatic N) is 1. The van der Waals surface area contributed by atoms with E-state index < -0.39 is 0 Å². The zero-order valence-electron chi connectivity index (χ0n) is 14.9. The van der Waals surface area contributed by atoms with Gasteiger partial charge in [-0.05, 0) is 51.9 Å². The van der Waals surface area contributed by atoms with Crippen LogP contribution in [0.3, 0.4) is 0 Å². The van der Waals surface area contributed by atoms with Crippen molar-refractivity contribution < 1.29 is 0 Å². The monoisotopic (exact) mass is 290 g/mol. The number of nitrogens with one attached hydrogen (secondary N) is 1. The van der Waals surface area contributed by atoms with E-state index in [0.717, 1.165) is 26.1 Å². The Bertz CT molecular complexity index is 395. The minimum absolute atomic E-state index is 0.147. The lowest BCUT2D eigenvalue weighted by Crippen LogP contribution is -2.54. The summed E-state index contributed by atoms with van der Waals surface area (Å²) in [5, 5.41) is 3.80. The highest BCUT2D eigenvalue weighted by Gasteiger charge is 2.37. The molecule has 2 nitrogen and oxygen atoms in total. The molecule has 0 saturated carbocycles. The second kappa shape index (κ2) is 8.55. The van der Waals surface area contributed by atoms with Crippen molar-refractivity contribution >= 4 is 0 Å². The van der Waals surface area contributed by atoms with Gasteiger partial charge in [0.1, 0.15) is 0 Å². The molecule has 1 aromatic carbocycles. The van der Waals surface area contributed by atoms with E-state index in [1.807, 2.05) is 0 Å². The van der Waals surface area contributed by atoms with Crippen molar-refractivity contribution in [3.63, 3.8) is 0 Å². The smallest absolute Gasteiger partial charge is 0.0504 e. The number of likely N-dealkylation sites (N-methyl/N-ethyl adjacent to an activating group) is 1. The van der Waals surface area contributed by atoms with Crippen molar-refractivity contribution in [1.82, 2.24) is 10.2 Å². The van der Waals surface area contributed by atoms with Gasteiger partial charge in [-0.3, -0.25) is 4.90 Å². The van der Waals surface area contributed by atoms with Gasteiger partial charge in [-0.25, -0.2) is 0 Å². The topological polar surface area (TPSA) is 15.3 Å². The van der Waals surface area contributed by atoms with E-state index in [-0.39, 0.29) is 5.54 Å². The van der Waals surface area contributed by atoms with Gasteiger partial charge in [0, 0.05) is 5.54 Å². The van der Waals surface area contributed by atoms with Gasteiger partial charge in [0.15, 0.2) is 0 Å². The Morgan fingerprint density at radius 2 is 1.62 bits per heavy atom. The maximum absolute atomic E-state index is 3.80. The predicted molar refractivity (Wildman–Crippen MR) is 93.8 cm³/mol. The first-order chi connectivity index (χ1) is 10.0. The highest BCUT2D eigenvalue weighted by Crippen LogP contribution is 2.34. The van der Waals surface area contributed by atoms with Gasteiger partial charge in [-0.1, -0.05) is 57.5 Å². The highest BCUT2D eigenvalue weighted by atomic mass is 15.2. The third-order valence-corrected chi connectivity index (χ3v) is 4.83. The number of benzene rings is 1. The molecule has 0 amide bonds. The Kier molecular flexibility index (Phi) is 7.41. The molecule has 1 aromatic rings. The van der Waals surface area contributed by atoms with Crippen LogP contribution in [-0.4, -0.2) is 30.1 Å². The van der Waals surface area contributed by atoms with Crippen LogP contribution in [0.1, 0.15) is 64.6 Å². The Hall–Kier alpha value is -0.860. The van der Waals surface area contributed by atoms with Crippen LogP contribution in [0.4, 0.5) is 0 Å². The maximum Gasteiger partial charge on any atom is 0.0504 e. The zero-order chi connectivity index (χ0) is 15.9. The molecular weight excluding hydrogens is 256 g/mol. The van der Waals surface area contributed by atoms with Gasteiger partial charge in [-0.15, -0.1) is 0 Å². The summed E-state index contributed by atoms with van der Waals surface area (Å²) >= 11 is 0. The van der Waals surface area contributed by atoms with E-state index in [2.05, 4.69) is 76.0 Å². The number of aryl methyl sites for hydroxylation is 1. The molecule has 0 saturated heterocycles. The first-order valence-corrected chi connectivity index (χ1v) is 8.58. The molecule has 0 radical (unpaired) electrons. The van der Waals surface area contributed by atoms with Crippen LogP contribution in [0.15, 0.2) is 24.3 Å². The molecule has 2 unspecified atom stereocenters. The quantitative estimate of drug-likeness (QED) is 0.718. The van der Waals surface area contributed by atoms with Crippen LogP contribution in [0.5, 0.6) is 0 Å². The van der Waals surface area contributed by atoms with E-state index in [4.69, 9.17) is 0 Å². The predicted octanol–water partition coefficient (Wildman–Crippen LogP) is 4.55. The first-order valence-electron chi connectivity index (χ1n) is 8.58. The fraction of sp³-hybridized carbons (Fsp3) is 0.684. The van der Waals surface area contributed by atoms with Crippen LogP contribution >= 0.6 is 0 Å². The lowest BCUT2D eigenvalue weighted by atomic mass is 9.82. The average molecular weight is 290 g/mol. The third kappa shape index (κ3) is 4.31. The maximum atomic E-state index is 3.80. The molecule has 21 heavy (non-hydrogen) atoms. The average Bonchev–Trinajstić information content (AvgIpc) is 2.50. The normalized spacial score (nSPS) is 16.0. The first kappa shape index (κ1) is 18.2. The summed E-state index contributed by atoms with van der Waals surface area (Å²) in [6.07, 6.45) is 2.31. The molecule has 0 aliphatic carbocycles. The zero-order valence-corrected chi connectivity index (χ0v) is 14.9. The molecule has 0 fully saturated rings. The number of hydrogen-bond donors (Lipinski definition) is 1. The van der Waals surface area contributed by atoms with Crippen molar-refractivity contribution in [2.75, 3.05) is 19.6 Å². The molecule has 0 aliphatic rings. The Morgan fingerprint density at radius 1 is 1.05 bits per heavy atom. The van der Waals surface area contributed by atoms with Crippen molar-refractivity contribution in [1.29, 1.82) is 0 Å². The third-order valence-electron chi connectivity index (χ3n) is 4.83. The molecule has 0 aliphatic heterocycles. The van der Waals surface area contributed by atoms with Gasteiger partial charge in [-0.2, -0.15) is 0 Å². The van der Waals surface area contributed by atoms with Gasteiger partial charge in [0.05, 0.1) is 6.04 Å². The molecule has 0 aromatic heterocycles. The molecule has 0 spiro atoms. The molecule has 1 N–H and O–H groups in total. The van der Waals surface area contributed by atoms with Crippen LogP contribution in [0, 0.1) is 6.92 Å². The molecule has 0 bridgehead atoms. The molecular formula is C19H34N2. The van der Waals surface area contributed by atoms with Crippen LogP contribution in [0.25, 0.3) is 0 Å². The summed E-state index contributed by atoms with van der Waals surface area (Å²) in [7, 11) is 0. The summed E-state index contributed by atoms with van der Waals surface area (Å²) in [5.74, 6) is 0. The molecule has 2 heteroatoms. The van der Waals surface area contributed by atoms with E-state index in [9.17, 15) is 0 Å². The second-order valence-corrected chi connectivity index (χ2v) is 6.18. The van der Waals surface area contributed by atoms with Gasteiger partial charge >= 0.3 is 0 Å². The number of hydrogen-bond acceptors (Lipinski definition) is 2. The lowest BCUT2D eigenvalue weighted by Gasteiger charge is -2.46. The Balaban J connectivity index is 3.17. The van der Waals surface area contributed by atoms with E-state index in [1.165, 1.54) is 17.5 Å². The highest BCUT2D eigenvalue weighted by molar-refractivity contribution is 5.27. The van der Waals surface area contributed by atoms with Gasteiger partial charge < -0.3 is 5.32 Å². The summed E-state index contributed by atoms with van der Waals surface area (Å²) < 4.78 is 0. The summed E-state index contributed by atoms with van der Waals surface area (Å²) in [6, 6.07) is 9.42. The summed E-state index contributed by atoms with van der Waals surface area (Å²) in [5.41, 5.74) is 2.88. The van der Waals surface area contributed by atoms with Crippen molar-refractivity contribution in [2.24, 2.45) is 0 Å². The second-order valence-electron chi connectivity index (χ2n) is 6.18. The number of rotatable bonds is 9. The minimum atomic E-state index is 0.147. The molecule has 0 heterocycles. The minimum Gasteiger partial charge on any atom is -0.308 e. The SMILES string of the molecule is CCCNC(c1ccc(C)cc1)C(C)(CC)N(CC)CC. The van der Waals surface area contributed by atoms with Crippen LogP contribution in [0.2, 0.25) is 0 Å². The standard InChI is InChI=1S/C19H34N2/c1-7-15-20-18(17-13-11-16(5)12-14-17)19(6,8-2)21(9-3)10-4/h11-14,18,20H,7-10,15H2,1-6H3. The van der Waals surface area contributed by atoms with Crippen LogP contribution < -0.4 is 5.32 Å². The van der Waals surface area contributed by atoms with Crippen molar-refractivity contribution in [2.45, 2.75) is 66.0 Å². The molecule has 1 rings (SSSR count). The van der Waals surface area contributed by atoms with E-state index >= 15 is 0 Å².